The van der Waals surface area contributed by atoms with Crippen LogP contribution in [0.3, 0.4) is 0 Å². The van der Waals surface area contributed by atoms with E-state index in [4.69, 9.17) is 5.26 Å². The SMILES string of the molecule is CCCCCC(C)(C)c1ccc(N(c2ccc(C=CC#N)cc2)c2ccc(C(C)(C)CCCCC)cc2)cc1. The number of benzene rings is 3. The van der Waals surface area contributed by atoms with Gasteiger partial charge in [0.2, 0.25) is 0 Å². The molecule has 0 spiro atoms. The van der Waals surface area contributed by atoms with Crippen molar-refractivity contribution in [3.63, 3.8) is 0 Å². The molecule has 0 aromatic heterocycles. The molecule has 0 aliphatic heterocycles. The Bertz CT molecular complexity index is 1140. The van der Waals surface area contributed by atoms with E-state index >= 15 is 0 Å². The highest BCUT2D eigenvalue weighted by atomic mass is 15.1. The second-order valence-electron chi connectivity index (χ2n) is 12.2. The molecule has 0 atom stereocenters. The Morgan fingerprint density at radius 2 is 1.00 bits per heavy atom. The molecule has 0 aliphatic rings. The van der Waals surface area contributed by atoms with Gasteiger partial charge in [-0.05, 0) is 82.8 Å². The van der Waals surface area contributed by atoms with Crippen LogP contribution in [0.4, 0.5) is 17.1 Å². The first-order valence-corrected chi connectivity index (χ1v) is 14.9. The summed E-state index contributed by atoms with van der Waals surface area (Å²) in [5.74, 6) is 0. The van der Waals surface area contributed by atoms with Gasteiger partial charge < -0.3 is 4.90 Å². The summed E-state index contributed by atoms with van der Waals surface area (Å²) in [6.07, 6.45) is 13.4. The van der Waals surface area contributed by atoms with Crippen LogP contribution in [0, 0.1) is 11.3 Å². The zero-order chi connectivity index (χ0) is 28.3. The molecule has 3 aromatic rings. The average Bonchev–Trinajstić information content (AvgIpc) is 2.93. The maximum atomic E-state index is 8.90. The Labute approximate surface area is 238 Å². The lowest BCUT2D eigenvalue weighted by molar-refractivity contribution is 0.450. The van der Waals surface area contributed by atoms with Crippen molar-refractivity contribution in [3.8, 4) is 6.07 Å². The topological polar surface area (TPSA) is 27.0 Å². The van der Waals surface area contributed by atoms with Crippen molar-refractivity contribution in [2.45, 2.75) is 104 Å². The molecule has 0 bridgehead atoms. The van der Waals surface area contributed by atoms with Crippen LogP contribution in [0.5, 0.6) is 0 Å². The van der Waals surface area contributed by atoms with Crippen molar-refractivity contribution >= 4 is 23.1 Å². The molecule has 0 amide bonds. The third-order valence-corrected chi connectivity index (χ3v) is 8.13. The molecule has 0 N–H and O–H groups in total. The highest BCUT2D eigenvalue weighted by Crippen LogP contribution is 2.38. The minimum Gasteiger partial charge on any atom is -0.311 e. The quantitative estimate of drug-likeness (QED) is 0.156. The second kappa shape index (κ2) is 14.2. The Morgan fingerprint density at radius 1 is 0.615 bits per heavy atom. The fraction of sp³-hybridized carbons (Fsp3) is 0.432. The van der Waals surface area contributed by atoms with Crippen LogP contribution in [0.1, 0.15) is 110 Å². The summed E-state index contributed by atoms with van der Waals surface area (Å²) in [5, 5.41) is 8.90. The van der Waals surface area contributed by atoms with Crippen LogP contribution in [0.15, 0.2) is 78.9 Å². The number of unbranched alkanes of at least 4 members (excludes halogenated alkanes) is 4. The van der Waals surface area contributed by atoms with E-state index in [9.17, 15) is 0 Å². The monoisotopic (exact) mass is 520 g/mol. The summed E-state index contributed by atoms with van der Waals surface area (Å²) < 4.78 is 0. The molecule has 0 saturated carbocycles. The van der Waals surface area contributed by atoms with Gasteiger partial charge in [-0.15, -0.1) is 0 Å². The molecule has 0 fully saturated rings. The maximum Gasteiger partial charge on any atom is 0.0912 e. The van der Waals surface area contributed by atoms with Gasteiger partial charge in [-0.25, -0.2) is 0 Å². The van der Waals surface area contributed by atoms with Gasteiger partial charge in [-0.2, -0.15) is 5.26 Å². The highest BCUT2D eigenvalue weighted by molar-refractivity contribution is 5.77. The molecular formula is C37H48N2. The van der Waals surface area contributed by atoms with E-state index in [1.807, 2.05) is 6.08 Å². The van der Waals surface area contributed by atoms with E-state index in [0.717, 1.165) is 22.6 Å². The number of hydrogen-bond acceptors (Lipinski definition) is 2. The first-order valence-electron chi connectivity index (χ1n) is 14.9. The minimum absolute atomic E-state index is 0.165. The first-order chi connectivity index (χ1) is 18.7. The zero-order valence-electron chi connectivity index (χ0n) is 25.1. The number of nitriles is 1. The predicted molar refractivity (Wildman–Crippen MR) is 170 cm³/mol. The highest BCUT2D eigenvalue weighted by Gasteiger charge is 2.22. The van der Waals surface area contributed by atoms with E-state index in [0.29, 0.717) is 0 Å². The van der Waals surface area contributed by atoms with Crippen molar-refractivity contribution in [2.75, 3.05) is 4.90 Å². The van der Waals surface area contributed by atoms with Crippen molar-refractivity contribution in [3.05, 3.63) is 95.6 Å². The molecule has 2 nitrogen and oxygen atoms in total. The summed E-state index contributed by atoms with van der Waals surface area (Å²) >= 11 is 0. The lowest BCUT2D eigenvalue weighted by Gasteiger charge is -2.30. The predicted octanol–water partition coefficient (Wildman–Crippen LogP) is 11.4. The van der Waals surface area contributed by atoms with E-state index in [1.54, 1.807) is 0 Å². The van der Waals surface area contributed by atoms with Gasteiger partial charge in [0.1, 0.15) is 0 Å². The summed E-state index contributed by atoms with van der Waals surface area (Å²) in [4.78, 5) is 2.33. The molecule has 0 radical (unpaired) electrons. The molecule has 39 heavy (non-hydrogen) atoms. The third kappa shape index (κ3) is 8.34. The van der Waals surface area contributed by atoms with Gasteiger partial charge in [0, 0.05) is 23.1 Å². The van der Waals surface area contributed by atoms with E-state index < -0.39 is 0 Å². The molecule has 0 aliphatic carbocycles. The fourth-order valence-electron chi connectivity index (χ4n) is 5.36. The van der Waals surface area contributed by atoms with Crippen LogP contribution in [0.25, 0.3) is 6.08 Å². The van der Waals surface area contributed by atoms with E-state index in [2.05, 4.69) is 125 Å². The van der Waals surface area contributed by atoms with Crippen LogP contribution < -0.4 is 4.90 Å². The van der Waals surface area contributed by atoms with Crippen LogP contribution in [-0.4, -0.2) is 0 Å². The molecule has 2 heteroatoms. The lowest BCUT2D eigenvalue weighted by atomic mass is 9.80. The lowest BCUT2D eigenvalue weighted by Crippen LogP contribution is -2.18. The molecule has 0 unspecified atom stereocenters. The summed E-state index contributed by atoms with van der Waals surface area (Å²) in [6.45, 7) is 14.0. The summed E-state index contributed by atoms with van der Waals surface area (Å²) in [6, 6.07) is 28.8. The molecular weight excluding hydrogens is 472 g/mol. The van der Waals surface area contributed by atoms with Crippen molar-refractivity contribution < 1.29 is 0 Å². The summed E-state index contributed by atoms with van der Waals surface area (Å²) in [5.41, 5.74) is 7.54. The average molecular weight is 521 g/mol. The van der Waals surface area contributed by atoms with Gasteiger partial charge >= 0.3 is 0 Å². The van der Waals surface area contributed by atoms with Crippen LogP contribution in [-0.2, 0) is 10.8 Å². The standard InChI is InChI=1S/C37H48N2/c1-7-9-11-27-36(3,4)31-17-23-34(24-18-31)39(33-21-15-30(16-22-33)14-13-29-38)35-25-19-32(20-26-35)37(5,6)28-12-10-8-2/h13-26H,7-12,27-28H2,1-6H3. The maximum absolute atomic E-state index is 8.90. The molecule has 3 rings (SSSR count). The molecule has 3 aromatic carbocycles. The molecule has 206 valence electrons. The Morgan fingerprint density at radius 3 is 1.36 bits per heavy atom. The van der Waals surface area contributed by atoms with Crippen molar-refractivity contribution in [1.82, 2.24) is 0 Å². The second-order valence-corrected chi connectivity index (χ2v) is 12.2. The van der Waals surface area contributed by atoms with E-state index in [-0.39, 0.29) is 10.8 Å². The minimum atomic E-state index is 0.165. The number of nitrogens with zero attached hydrogens (tertiary/aromatic N) is 2. The zero-order valence-corrected chi connectivity index (χ0v) is 25.1. The smallest absolute Gasteiger partial charge is 0.0912 e. The van der Waals surface area contributed by atoms with Crippen molar-refractivity contribution in [1.29, 1.82) is 5.26 Å². The fourth-order valence-corrected chi connectivity index (χ4v) is 5.36. The van der Waals surface area contributed by atoms with Crippen molar-refractivity contribution in [2.24, 2.45) is 0 Å². The van der Waals surface area contributed by atoms with Crippen LogP contribution in [0.2, 0.25) is 0 Å². The normalized spacial score (nSPS) is 12.0. The number of anilines is 3. The number of hydrogen-bond donors (Lipinski definition) is 0. The first kappa shape index (κ1) is 30.2. The van der Waals surface area contributed by atoms with E-state index in [1.165, 1.54) is 68.6 Å². The largest absolute Gasteiger partial charge is 0.311 e. The summed E-state index contributed by atoms with van der Waals surface area (Å²) in [7, 11) is 0. The number of rotatable bonds is 14. The van der Waals surface area contributed by atoms with Gasteiger partial charge in [-0.3, -0.25) is 0 Å². The molecule has 0 saturated heterocycles. The Hall–Kier alpha value is -3.31. The van der Waals surface area contributed by atoms with Gasteiger partial charge in [0.25, 0.3) is 0 Å². The third-order valence-electron chi connectivity index (χ3n) is 8.13. The van der Waals surface area contributed by atoms with Gasteiger partial charge in [-0.1, -0.05) is 116 Å². The van der Waals surface area contributed by atoms with Crippen LogP contribution >= 0.6 is 0 Å². The number of allylic oxidation sites excluding steroid dienone is 1. The Balaban J connectivity index is 1.95. The van der Waals surface area contributed by atoms with Gasteiger partial charge in [0.05, 0.1) is 6.07 Å². The van der Waals surface area contributed by atoms with Gasteiger partial charge in [0.15, 0.2) is 0 Å². The molecule has 0 heterocycles. The Kier molecular flexibility index (Phi) is 11.0.